The number of anilines is 1. The van der Waals surface area contributed by atoms with Crippen LogP contribution in [0.15, 0.2) is 18.3 Å². The molecule has 0 aliphatic rings. The Morgan fingerprint density at radius 3 is 3.00 bits per heavy atom. The highest BCUT2D eigenvalue weighted by molar-refractivity contribution is 5.41. The third kappa shape index (κ3) is 4.32. The topological polar surface area (TPSA) is 57.9 Å². The number of rotatable bonds is 6. The minimum atomic E-state index is 0.581. The lowest BCUT2D eigenvalue weighted by molar-refractivity contribution is 0.327. The quantitative estimate of drug-likeness (QED) is 0.723. The van der Waals surface area contributed by atoms with Crippen molar-refractivity contribution in [3.05, 3.63) is 18.3 Å². The van der Waals surface area contributed by atoms with E-state index in [1.165, 1.54) is 0 Å². The van der Waals surface area contributed by atoms with Gasteiger partial charge in [-0.05, 0) is 19.4 Å². The fourth-order valence-corrected chi connectivity index (χ4v) is 1.12. The predicted molar refractivity (Wildman–Crippen MR) is 58.7 cm³/mol. The Hall–Kier alpha value is -1.76. The van der Waals surface area contributed by atoms with E-state index in [4.69, 9.17) is 10.00 Å². The highest BCUT2D eigenvalue weighted by Crippen LogP contribution is 2.11. The molecule has 1 aromatic rings. The first-order valence-corrected chi connectivity index (χ1v) is 5.06. The predicted octanol–water partition coefficient (Wildman–Crippen LogP) is 2.20. The Morgan fingerprint density at radius 2 is 2.40 bits per heavy atom. The molecule has 4 nitrogen and oxygen atoms in total. The number of nitriles is 1. The maximum Gasteiger partial charge on any atom is 0.213 e. The molecule has 0 saturated carbocycles. The molecule has 0 saturated heterocycles. The Morgan fingerprint density at radius 1 is 1.53 bits per heavy atom. The molecule has 1 rings (SSSR count). The monoisotopic (exact) mass is 205 g/mol. The smallest absolute Gasteiger partial charge is 0.213 e. The van der Waals surface area contributed by atoms with Gasteiger partial charge in [-0.15, -0.1) is 0 Å². The lowest BCUT2D eigenvalue weighted by Gasteiger charge is -2.05. The average molecular weight is 205 g/mol. The van der Waals surface area contributed by atoms with E-state index < -0.39 is 0 Å². The molecule has 80 valence electrons. The highest BCUT2D eigenvalue weighted by Gasteiger charge is 1.95. The van der Waals surface area contributed by atoms with Gasteiger partial charge >= 0.3 is 0 Å². The van der Waals surface area contributed by atoms with E-state index >= 15 is 0 Å². The van der Waals surface area contributed by atoms with E-state index in [9.17, 15) is 0 Å². The van der Waals surface area contributed by atoms with E-state index in [2.05, 4.69) is 16.4 Å². The molecule has 0 amide bonds. The van der Waals surface area contributed by atoms with Crippen molar-refractivity contribution >= 4 is 5.69 Å². The Balaban J connectivity index is 2.33. The zero-order chi connectivity index (χ0) is 10.9. The number of nitrogens with one attached hydrogen (secondary N) is 1. The van der Waals surface area contributed by atoms with Crippen molar-refractivity contribution in [2.24, 2.45) is 0 Å². The first kappa shape index (κ1) is 11.3. The van der Waals surface area contributed by atoms with Crippen molar-refractivity contribution in [2.75, 3.05) is 18.5 Å². The first-order chi connectivity index (χ1) is 7.36. The lowest BCUT2D eigenvalue weighted by atomic mass is 10.3. The number of pyridine rings is 1. The van der Waals surface area contributed by atoms with Gasteiger partial charge in [0.15, 0.2) is 0 Å². The number of hydrogen-bond donors (Lipinski definition) is 1. The van der Waals surface area contributed by atoms with E-state index in [1.54, 1.807) is 6.20 Å². The summed E-state index contributed by atoms with van der Waals surface area (Å²) in [6.07, 6.45) is 3.17. The molecule has 4 heteroatoms. The lowest BCUT2D eigenvalue weighted by Crippen LogP contribution is -2.01. The van der Waals surface area contributed by atoms with Crippen LogP contribution in [0, 0.1) is 11.3 Å². The summed E-state index contributed by atoms with van der Waals surface area (Å²) in [6, 6.07) is 5.85. The molecule has 1 heterocycles. The van der Waals surface area contributed by atoms with Gasteiger partial charge in [0.1, 0.15) is 0 Å². The molecule has 0 radical (unpaired) electrons. The maximum atomic E-state index is 8.35. The average Bonchev–Trinajstić information content (AvgIpc) is 2.27. The van der Waals surface area contributed by atoms with Gasteiger partial charge in [-0.25, -0.2) is 4.98 Å². The Bertz CT molecular complexity index is 316. The van der Waals surface area contributed by atoms with E-state index in [-0.39, 0.29) is 0 Å². The number of unbranched alkanes of at least 4 members (excludes halogenated alkanes) is 1. The third-order valence-electron chi connectivity index (χ3n) is 1.82. The molecule has 0 fully saturated rings. The SMILES string of the molecule is CCOc1ccc(NCCCC#N)cn1. The molecule has 0 bridgehead atoms. The van der Waals surface area contributed by atoms with Crippen LogP contribution in [0.4, 0.5) is 5.69 Å². The van der Waals surface area contributed by atoms with Crippen molar-refractivity contribution < 1.29 is 4.74 Å². The standard InChI is InChI=1S/C11H15N3O/c1-2-15-11-6-5-10(9-14-11)13-8-4-3-7-12/h5-6,9,13H,2-4,8H2,1H3. The fraction of sp³-hybridized carbons (Fsp3) is 0.455. The summed E-state index contributed by atoms with van der Waals surface area (Å²) in [5.41, 5.74) is 0.955. The molecule has 0 aliphatic carbocycles. The van der Waals surface area contributed by atoms with Crippen LogP contribution in [0.25, 0.3) is 0 Å². The normalized spacial score (nSPS) is 9.33. The van der Waals surface area contributed by atoms with E-state index in [0.29, 0.717) is 18.9 Å². The van der Waals surface area contributed by atoms with Gasteiger partial charge < -0.3 is 10.1 Å². The van der Waals surface area contributed by atoms with Crippen molar-refractivity contribution in [1.29, 1.82) is 5.26 Å². The Labute approximate surface area is 89.9 Å². The molecular weight excluding hydrogens is 190 g/mol. The van der Waals surface area contributed by atoms with Crippen LogP contribution >= 0.6 is 0 Å². The number of aromatic nitrogens is 1. The molecule has 15 heavy (non-hydrogen) atoms. The second-order valence-electron chi connectivity index (χ2n) is 3.01. The van der Waals surface area contributed by atoms with Gasteiger partial charge in [0.2, 0.25) is 5.88 Å². The molecular formula is C11H15N3O. The molecule has 0 aliphatic heterocycles. The van der Waals surface area contributed by atoms with Gasteiger partial charge in [0.05, 0.1) is 24.6 Å². The molecule has 0 aromatic carbocycles. The molecule has 0 spiro atoms. The zero-order valence-electron chi connectivity index (χ0n) is 8.86. The summed E-state index contributed by atoms with van der Waals surface area (Å²) in [5, 5.41) is 11.5. The molecule has 1 N–H and O–H groups in total. The molecule has 0 unspecified atom stereocenters. The van der Waals surface area contributed by atoms with Crippen molar-refractivity contribution in [2.45, 2.75) is 19.8 Å². The van der Waals surface area contributed by atoms with Crippen LogP contribution < -0.4 is 10.1 Å². The van der Waals surface area contributed by atoms with Gasteiger partial charge in [0.25, 0.3) is 0 Å². The fourth-order valence-electron chi connectivity index (χ4n) is 1.12. The van der Waals surface area contributed by atoms with Gasteiger partial charge in [-0.1, -0.05) is 0 Å². The summed E-state index contributed by atoms with van der Waals surface area (Å²) in [6.45, 7) is 3.35. The van der Waals surface area contributed by atoms with Crippen LogP contribution in [-0.2, 0) is 0 Å². The molecule has 1 aromatic heterocycles. The molecule has 0 atom stereocenters. The Kier molecular flexibility index (Phi) is 5.02. The second kappa shape index (κ2) is 6.66. The van der Waals surface area contributed by atoms with Crippen LogP contribution in [-0.4, -0.2) is 18.1 Å². The van der Waals surface area contributed by atoms with E-state index in [0.717, 1.165) is 18.7 Å². The first-order valence-electron chi connectivity index (χ1n) is 5.06. The van der Waals surface area contributed by atoms with Crippen molar-refractivity contribution in [1.82, 2.24) is 4.98 Å². The van der Waals surface area contributed by atoms with Crippen molar-refractivity contribution in [3.8, 4) is 11.9 Å². The number of nitrogens with zero attached hydrogens (tertiary/aromatic N) is 2. The third-order valence-corrected chi connectivity index (χ3v) is 1.82. The van der Waals surface area contributed by atoms with E-state index in [1.807, 2.05) is 19.1 Å². The zero-order valence-corrected chi connectivity index (χ0v) is 8.86. The summed E-state index contributed by atoms with van der Waals surface area (Å²) >= 11 is 0. The minimum absolute atomic E-state index is 0.581. The van der Waals surface area contributed by atoms with Gasteiger partial charge in [-0.3, -0.25) is 0 Å². The van der Waals surface area contributed by atoms with Crippen LogP contribution in [0.3, 0.4) is 0 Å². The highest BCUT2D eigenvalue weighted by atomic mass is 16.5. The summed E-state index contributed by atoms with van der Waals surface area (Å²) in [5.74, 6) is 0.639. The largest absolute Gasteiger partial charge is 0.478 e. The maximum absolute atomic E-state index is 8.35. The minimum Gasteiger partial charge on any atom is -0.478 e. The van der Waals surface area contributed by atoms with Crippen LogP contribution in [0.5, 0.6) is 5.88 Å². The summed E-state index contributed by atoms with van der Waals surface area (Å²) in [4.78, 5) is 4.12. The second-order valence-corrected chi connectivity index (χ2v) is 3.01. The van der Waals surface area contributed by atoms with Crippen molar-refractivity contribution in [3.63, 3.8) is 0 Å². The summed E-state index contributed by atoms with van der Waals surface area (Å²) < 4.78 is 5.22. The number of hydrogen-bond acceptors (Lipinski definition) is 4. The van der Waals surface area contributed by atoms with Crippen LogP contribution in [0.1, 0.15) is 19.8 Å². The number of ether oxygens (including phenoxy) is 1. The van der Waals surface area contributed by atoms with Crippen LogP contribution in [0.2, 0.25) is 0 Å². The van der Waals surface area contributed by atoms with Gasteiger partial charge in [0, 0.05) is 19.0 Å². The van der Waals surface area contributed by atoms with Gasteiger partial charge in [-0.2, -0.15) is 5.26 Å². The summed E-state index contributed by atoms with van der Waals surface area (Å²) in [7, 11) is 0.